The van der Waals surface area contributed by atoms with E-state index >= 15 is 0 Å². The van der Waals surface area contributed by atoms with E-state index in [0.717, 1.165) is 12.3 Å². The van der Waals surface area contributed by atoms with Gasteiger partial charge in [0.25, 0.3) is 5.91 Å². The fraction of sp³-hybridized carbons (Fsp3) is 0.263. The maximum absolute atomic E-state index is 12.8. The monoisotopic (exact) mass is 393 g/mol. The molecular formula is C19H18F3N3O3. The quantitative estimate of drug-likeness (QED) is 0.698. The number of hydrogen-bond donors (Lipinski definition) is 1. The van der Waals surface area contributed by atoms with Crippen LogP contribution >= 0.6 is 0 Å². The number of rotatable bonds is 6. The topological polar surface area (TPSA) is 64.9 Å². The Morgan fingerprint density at radius 3 is 2.54 bits per heavy atom. The molecule has 6 nitrogen and oxygen atoms in total. The number of carbonyl (C=O) groups is 1. The van der Waals surface area contributed by atoms with Crippen LogP contribution in [0.3, 0.4) is 0 Å². The number of carbonyl (C=O) groups excluding carboxylic acids is 1. The van der Waals surface area contributed by atoms with Crippen molar-refractivity contribution >= 4 is 11.6 Å². The molecule has 148 valence electrons. The summed E-state index contributed by atoms with van der Waals surface area (Å²) in [5.74, 6) is 0.655. The summed E-state index contributed by atoms with van der Waals surface area (Å²) in [7, 11) is 2.98. The van der Waals surface area contributed by atoms with Gasteiger partial charge in [0.1, 0.15) is 5.65 Å². The van der Waals surface area contributed by atoms with E-state index < -0.39 is 11.7 Å². The highest BCUT2D eigenvalue weighted by atomic mass is 19.4. The third kappa shape index (κ3) is 4.19. The number of pyridine rings is 1. The average Bonchev–Trinajstić information content (AvgIpc) is 3.08. The van der Waals surface area contributed by atoms with E-state index in [-0.39, 0.29) is 12.5 Å². The largest absolute Gasteiger partial charge is 0.493 e. The van der Waals surface area contributed by atoms with E-state index in [0.29, 0.717) is 34.8 Å². The molecule has 1 aromatic carbocycles. The van der Waals surface area contributed by atoms with Crippen LogP contribution in [0.2, 0.25) is 0 Å². The SMILES string of the molecule is COc1ccc(C(=O)NCCc2cn3cc(C(F)(F)F)ccc3n2)cc1OC. The van der Waals surface area contributed by atoms with Crippen LogP contribution < -0.4 is 14.8 Å². The molecule has 2 aromatic heterocycles. The molecule has 3 rings (SSSR count). The van der Waals surface area contributed by atoms with Crippen molar-refractivity contribution in [3.05, 3.63) is 59.5 Å². The maximum atomic E-state index is 12.8. The number of halogens is 3. The zero-order chi connectivity index (χ0) is 20.3. The Bertz CT molecular complexity index is 999. The van der Waals surface area contributed by atoms with Crippen molar-refractivity contribution < 1.29 is 27.4 Å². The molecule has 3 aromatic rings. The number of imidazole rings is 1. The lowest BCUT2D eigenvalue weighted by atomic mass is 10.2. The highest BCUT2D eigenvalue weighted by Gasteiger charge is 2.30. The first-order valence-electron chi connectivity index (χ1n) is 8.37. The van der Waals surface area contributed by atoms with E-state index in [1.807, 2.05) is 0 Å². The molecule has 0 aliphatic rings. The molecule has 28 heavy (non-hydrogen) atoms. The summed E-state index contributed by atoms with van der Waals surface area (Å²) in [6, 6.07) is 7.12. The lowest BCUT2D eigenvalue weighted by Crippen LogP contribution is -2.25. The highest BCUT2D eigenvalue weighted by molar-refractivity contribution is 5.94. The number of methoxy groups -OCH3 is 2. The molecule has 0 spiro atoms. The van der Waals surface area contributed by atoms with Crippen molar-refractivity contribution in [2.45, 2.75) is 12.6 Å². The minimum atomic E-state index is -4.41. The zero-order valence-corrected chi connectivity index (χ0v) is 15.2. The molecule has 0 bridgehead atoms. The molecule has 2 heterocycles. The van der Waals surface area contributed by atoms with E-state index in [1.54, 1.807) is 18.2 Å². The standard InChI is InChI=1S/C19H18F3N3O3/c1-27-15-5-3-12(9-16(15)28-2)18(26)23-8-7-14-11-25-10-13(19(20,21)22)4-6-17(25)24-14/h3-6,9-11H,7-8H2,1-2H3,(H,23,26). The van der Waals surface area contributed by atoms with Gasteiger partial charge in [-0.1, -0.05) is 0 Å². The number of aromatic nitrogens is 2. The van der Waals surface area contributed by atoms with E-state index in [9.17, 15) is 18.0 Å². The second kappa shape index (κ2) is 7.79. The van der Waals surface area contributed by atoms with Crippen LogP contribution in [0.1, 0.15) is 21.6 Å². The first kappa shape index (κ1) is 19.5. The predicted octanol–water partition coefficient (Wildman–Crippen LogP) is 3.34. The minimum absolute atomic E-state index is 0.281. The van der Waals surface area contributed by atoms with Crippen molar-refractivity contribution in [1.82, 2.24) is 14.7 Å². The van der Waals surface area contributed by atoms with Crippen LogP contribution in [-0.2, 0) is 12.6 Å². The summed E-state index contributed by atoms with van der Waals surface area (Å²) in [6.07, 6.45) is -1.52. The molecule has 0 aliphatic heterocycles. The number of ether oxygens (including phenoxy) is 2. The molecule has 0 saturated carbocycles. The number of alkyl halides is 3. The molecular weight excluding hydrogens is 375 g/mol. The van der Waals surface area contributed by atoms with Gasteiger partial charge in [-0.25, -0.2) is 4.98 Å². The Balaban J connectivity index is 1.64. The molecule has 0 radical (unpaired) electrons. The summed E-state index contributed by atoms with van der Waals surface area (Å²) in [5.41, 5.74) is 0.648. The predicted molar refractivity (Wildman–Crippen MR) is 95.8 cm³/mol. The van der Waals surface area contributed by atoms with E-state index in [4.69, 9.17) is 9.47 Å². The third-order valence-corrected chi connectivity index (χ3v) is 4.14. The van der Waals surface area contributed by atoms with Crippen molar-refractivity contribution in [3.63, 3.8) is 0 Å². The molecule has 0 aliphatic carbocycles. The van der Waals surface area contributed by atoms with Gasteiger partial charge in [0.15, 0.2) is 11.5 Å². The van der Waals surface area contributed by atoms with Gasteiger partial charge in [-0.2, -0.15) is 13.2 Å². The van der Waals surface area contributed by atoms with Crippen LogP contribution in [0.5, 0.6) is 11.5 Å². The number of benzene rings is 1. The second-order valence-electron chi connectivity index (χ2n) is 5.99. The van der Waals surface area contributed by atoms with Gasteiger partial charge in [-0.3, -0.25) is 4.79 Å². The third-order valence-electron chi connectivity index (χ3n) is 4.14. The van der Waals surface area contributed by atoms with Gasteiger partial charge >= 0.3 is 6.18 Å². The van der Waals surface area contributed by atoms with Gasteiger partial charge in [0, 0.05) is 30.9 Å². The Labute approximate surface area is 158 Å². The number of nitrogens with one attached hydrogen (secondary N) is 1. The molecule has 1 N–H and O–H groups in total. The van der Waals surface area contributed by atoms with Crippen LogP contribution in [-0.4, -0.2) is 36.1 Å². The van der Waals surface area contributed by atoms with Crippen LogP contribution in [0, 0.1) is 0 Å². The van der Waals surface area contributed by atoms with E-state index in [2.05, 4.69) is 10.3 Å². The zero-order valence-electron chi connectivity index (χ0n) is 15.2. The average molecular weight is 393 g/mol. The fourth-order valence-electron chi connectivity index (χ4n) is 2.72. The number of fused-ring (bicyclic) bond motifs is 1. The normalized spacial score (nSPS) is 11.5. The number of hydrogen-bond acceptors (Lipinski definition) is 4. The first-order valence-corrected chi connectivity index (χ1v) is 8.37. The number of amides is 1. The fourth-order valence-corrected chi connectivity index (χ4v) is 2.72. The van der Waals surface area contributed by atoms with Gasteiger partial charge in [0.2, 0.25) is 0 Å². The van der Waals surface area contributed by atoms with E-state index in [1.165, 1.54) is 30.9 Å². The van der Waals surface area contributed by atoms with Crippen molar-refractivity contribution in [1.29, 1.82) is 0 Å². The van der Waals surface area contributed by atoms with Gasteiger partial charge in [0.05, 0.1) is 25.5 Å². The Kier molecular flexibility index (Phi) is 5.43. The molecule has 9 heteroatoms. The van der Waals surface area contributed by atoms with Crippen molar-refractivity contribution in [3.8, 4) is 11.5 Å². The molecule has 0 fully saturated rings. The van der Waals surface area contributed by atoms with Crippen LogP contribution in [0.4, 0.5) is 13.2 Å². The lowest BCUT2D eigenvalue weighted by molar-refractivity contribution is -0.137. The summed E-state index contributed by atoms with van der Waals surface area (Å²) < 4.78 is 50.0. The lowest BCUT2D eigenvalue weighted by Gasteiger charge is -2.09. The Morgan fingerprint density at radius 1 is 1.11 bits per heavy atom. The Morgan fingerprint density at radius 2 is 1.86 bits per heavy atom. The molecule has 1 amide bonds. The maximum Gasteiger partial charge on any atom is 0.417 e. The second-order valence-corrected chi connectivity index (χ2v) is 5.99. The molecule has 0 atom stereocenters. The molecule has 0 unspecified atom stereocenters. The van der Waals surface area contributed by atoms with Crippen molar-refractivity contribution in [2.24, 2.45) is 0 Å². The highest BCUT2D eigenvalue weighted by Crippen LogP contribution is 2.29. The van der Waals surface area contributed by atoms with Gasteiger partial charge < -0.3 is 19.2 Å². The van der Waals surface area contributed by atoms with Gasteiger partial charge in [-0.15, -0.1) is 0 Å². The van der Waals surface area contributed by atoms with Gasteiger partial charge in [-0.05, 0) is 30.3 Å². The number of nitrogens with zero attached hydrogens (tertiary/aromatic N) is 2. The smallest absolute Gasteiger partial charge is 0.417 e. The first-order chi connectivity index (χ1) is 13.3. The van der Waals surface area contributed by atoms with Crippen LogP contribution in [0.15, 0.2) is 42.7 Å². The van der Waals surface area contributed by atoms with Crippen molar-refractivity contribution in [2.75, 3.05) is 20.8 Å². The summed E-state index contributed by atoms with van der Waals surface area (Å²) in [5, 5.41) is 2.75. The minimum Gasteiger partial charge on any atom is -0.493 e. The van der Waals surface area contributed by atoms with Crippen LogP contribution in [0.25, 0.3) is 5.65 Å². The summed E-state index contributed by atoms with van der Waals surface area (Å²) in [6.45, 7) is 0.281. The molecule has 0 saturated heterocycles. The summed E-state index contributed by atoms with van der Waals surface area (Å²) >= 11 is 0. The summed E-state index contributed by atoms with van der Waals surface area (Å²) in [4.78, 5) is 16.5. The Hall–Kier alpha value is -3.23.